The third-order valence-electron chi connectivity index (χ3n) is 5.50. The summed E-state index contributed by atoms with van der Waals surface area (Å²) in [6.07, 6.45) is 0. The van der Waals surface area contributed by atoms with E-state index in [1.807, 2.05) is 30.0 Å². The highest BCUT2D eigenvalue weighted by Gasteiger charge is 2.38. The van der Waals surface area contributed by atoms with Gasteiger partial charge in [-0.25, -0.2) is 4.79 Å². The molecule has 1 atom stereocenters. The van der Waals surface area contributed by atoms with Crippen molar-refractivity contribution >= 4 is 11.9 Å². The van der Waals surface area contributed by atoms with Gasteiger partial charge in [0, 0.05) is 45.8 Å². The maximum atomic E-state index is 13.2. The molecular formula is C20H28N4O5. The lowest BCUT2D eigenvalue weighted by molar-refractivity contribution is -0.142. The van der Waals surface area contributed by atoms with Crippen LogP contribution in [0, 0.1) is 0 Å². The standard InChI is InChI=1S/C20H28N4O5/c1-2-21-20(26)24-6-5-22(12-15-3-4-17-18(11-15)29-14-28-17)13-16(24)19(25)23-7-9-27-10-8-23/h3-4,11,16H,2,5-10,12-14H2,1H3,(H,21,26). The number of hydrogen-bond donors (Lipinski definition) is 1. The van der Waals surface area contributed by atoms with E-state index < -0.39 is 6.04 Å². The van der Waals surface area contributed by atoms with Crippen LogP contribution in [0.15, 0.2) is 18.2 Å². The SMILES string of the molecule is CCNC(=O)N1CCN(Cc2ccc3c(c2)OCO3)CC1C(=O)N1CCOCC1. The minimum atomic E-state index is -0.498. The predicted molar refractivity (Wildman–Crippen MR) is 105 cm³/mol. The van der Waals surface area contributed by atoms with E-state index in [0.29, 0.717) is 59.0 Å². The maximum absolute atomic E-state index is 13.2. The molecule has 9 nitrogen and oxygen atoms in total. The molecule has 1 aromatic carbocycles. The Bertz CT molecular complexity index is 752. The van der Waals surface area contributed by atoms with Crippen molar-refractivity contribution in [2.45, 2.75) is 19.5 Å². The summed E-state index contributed by atoms with van der Waals surface area (Å²) in [6, 6.07) is 5.24. The van der Waals surface area contributed by atoms with Crippen LogP contribution in [0.2, 0.25) is 0 Å². The second kappa shape index (κ2) is 8.87. The van der Waals surface area contributed by atoms with Gasteiger partial charge in [-0.05, 0) is 24.6 Å². The lowest BCUT2D eigenvalue weighted by Crippen LogP contribution is -2.63. The number of rotatable bonds is 4. The van der Waals surface area contributed by atoms with Gasteiger partial charge in [-0.2, -0.15) is 0 Å². The van der Waals surface area contributed by atoms with Crippen LogP contribution in [0.4, 0.5) is 4.79 Å². The van der Waals surface area contributed by atoms with Crippen molar-refractivity contribution in [3.8, 4) is 11.5 Å². The Kier molecular flexibility index (Phi) is 6.05. The maximum Gasteiger partial charge on any atom is 0.318 e. The molecule has 9 heteroatoms. The van der Waals surface area contributed by atoms with Crippen molar-refractivity contribution < 1.29 is 23.8 Å². The van der Waals surface area contributed by atoms with E-state index in [1.165, 1.54) is 0 Å². The highest BCUT2D eigenvalue weighted by molar-refractivity contribution is 5.87. The molecule has 0 aliphatic carbocycles. The summed E-state index contributed by atoms with van der Waals surface area (Å²) >= 11 is 0. The Labute approximate surface area is 170 Å². The molecule has 0 aromatic heterocycles. The quantitative estimate of drug-likeness (QED) is 0.787. The minimum Gasteiger partial charge on any atom is -0.454 e. The summed E-state index contributed by atoms with van der Waals surface area (Å²) in [5, 5.41) is 2.84. The number of benzene rings is 1. The van der Waals surface area contributed by atoms with Crippen LogP contribution in [0.3, 0.4) is 0 Å². The number of nitrogens with zero attached hydrogens (tertiary/aromatic N) is 3. The first-order valence-electron chi connectivity index (χ1n) is 10.2. The number of ether oxygens (including phenoxy) is 3. The van der Waals surface area contributed by atoms with Crippen molar-refractivity contribution in [2.24, 2.45) is 0 Å². The topological polar surface area (TPSA) is 83.6 Å². The molecule has 1 unspecified atom stereocenters. The predicted octanol–water partition coefficient (Wildman–Crippen LogP) is 0.490. The molecule has 4 rings (SSSR count). The fraction of sp³-hybridized carbons (Fsp3) is 0.600. The van der Waals surface area contributed by atoms with Gasteiger partial charge in [0.15, 0.2) is 11.5 Å². The number of urea groups is 1. The Hall–Kier alpha value is -2.52. The summed E-state index contributed by atoms with van der Waals surface area (Å²) in [5.41, 5.74) is 1.10. The summed E-state index contributed by atoms with van der Waals surface area (Å²) in [6.45, 7) is 7.30. The van der Waals surface area contributed by atoms with Gasteiger partial charge in [0.25, 0.3) is 0 Å². The van der Waals surface area contributed by atoms with Crippen molar-refractivity contribution in [3.05, 3.63) is 23.8 Å². The number of nitrogens with one attached hydrogen (secondary N) is 1. The first-order valence-corrected chi connectivity index (χ1v) is 10.2. The van der Waals surface area contributed by atoms with Crippen molar-refractivity contribution in [1.82, 2.24) is 20.0 Å². The zero-order valence-electron chi connectivity index (χ0n) is 16.8. The molecule has 0 radical (unpaired) electrons. The van der Waals surface area contributed by atoms with Gasteiger partial charge in [0.1, 0.15) is 6.04 Å². The van der Waals surface area contributed by atoms with Crippen molar-refractivity contribution in [1.29, 1.82) is 0 Å². The Morgan fingerprint density at radius 3 is 2.69 bits per heavy atom. The van der Waals surface area contributed by atoms with Gasteiger partial charge < -0.3 is 29.3 Å². The molecule has 3 amide bonds. The molecule has 3 aliphatic rings. The first kappa shape index (κ1) is 19.8. The van der Waals surface area contributed by atoms with Gasteiger partial charge >= 0.3 is 6.03 Å². The monoisotopic (exact) mass is 404 g/mol. The van der Waals surface area contributed by atoms with E-state index in [0.717, 1.165) is 17.1 Å². The zero-order valence-corrected chi connectivity index (χ0v) is 16.8. The molecule has 0 saturated carbocycles. The molecule has 158 valence electrons. The number of piperazine rings is 1. The number of morpholine rings is 1. The highest BCUT2D eigenvalue weighted by atomic mass is 16.7. The zero-order chi connectivity index (χ0) is 20.2. The van der Waals surface area contributed by atoms with Crippen LogP contribution in [-0.4, -0.2) is 92.0 Å². The summed E-state index contributed by atoms with van der Waals surface area (Å²) in [4.78, 5) is 31.5. The Balaban J connectivity index is 1.47. The van der Waals surface area contributed by atoms with E-state index in [-0.39, 0.29) is 18.7 Å². The van der Waals surface area contributed by atoms with E-state index in [1.54, 1.807) is 4.90 Å². The number of amides is 3. The summed E-state index contributed by atoms with van der Waals surface area (Å²) in [5.74, 6) is 1.51. The first-order chi connectivity index (χ1) is 14.2. The van der Waals surface area contributed by atoms with E-state index >= 15 is 0 Å². The molecule has 29 heavy (non-hydrogen) atoms. The minimum absolute atomic E-state index is 0.00469. The highest BCUT2D eigenvalue weighted by Crippen LogP contribution is 2.33. The third-order valence-corrected chi connectivity index (χ3v) is 5.50. The molecular weight excluding hydrogens is 376 g/mol. The van der Waals surface area contributed by atoms with Crippen LogP contribution in [-0.2, 0) is 16.1 Å². The van der Waals surface area contributed by atoms with Gasteiger partial charge in [-0.15, -0.1) is 0 Å². The summed E-state index contributed by atoms with van der Waals surface area (Å²) < 4.78 is 16.2. The molecule has 3 heterocycles. The van der Waals surface area contributed by atoms with Crippen molar-refractivity contribution in [2.75, 3.05) is 59.3 Å². The molecule has 2 fully saturated rings. The average Bonchev–Trinajstić information content (AvgIpc) is 3.22. The van der Waals surface area contributed by atoms with Crippen LogP contribution < -0.4 is 14.8 Å². The summed E-state index contributed by atoms with van der Waals surface area (Å²) in [7, 11) is 0. The van der Waals surface area contributed by atoms with Gasteiger partial charge in [-0.3, -0.25) is 9.69 Å². The van der Waals surface area contributed by atoms with Crippen LogP contribution in [0.25, 0.3) is 0 Å². The number of carbonyl (C=O) groups is 2. The van der Waals surface area contributed by atoms with Crippen LogP contribution >= 0.6 is 0 Å². The normalized spacial score (nSPS) is 21.9. The number of hydrogen-bond acceptors (Lipinski definition) is 6. The largest absolute Gasteiger partial charge is 0.454 e. The molecule has 3 aliphatic heterocycles. The lowest BCUT2D eigenvalue weighted by atomic mass is 10.1. The van der Waals surface area contributed by atoms with Gasteiger partial charge in [-0.1, -0.05) is 6.07 Å². The number of fused-ring (bicyclic) bond motifs is 1. The van der Waals surface area contributed by atoms with E-state index in [2.05, 4.69) is 10.2 Å². The van der Waals surface area contributed by atoms with Crippen LogP contribution in [0.1, 0.15) is 12.5 Å². The molecule has 1 aromatic rings. The number of carbonyl (C=O) groups excluding carboxylic acids is 2. The molecule has 1 N–H and O–H groups in total. The van der Waals surface area contributed by atoms with E-state index in [4.69, 9.17) is 14.2 Å². The third kappa shape index (κ3) is 4.40. The van der Waals surface area contributed by atoms with Crippen molar-refractivity contribution in [3.63, 3.8) is 0 Å². The second-order valence-corrected chi connectivity index (χ2v) is 7.41. The smallest absolute Gasteiger partial charge is 0.318 e. The van der Waals surface area contributed by atoms with Gasteiger partial charge in [0.05, 0.1) is 13.2 Å². The molecule has 0 spiro atoms. The molecule has 0 bridgehead atoms. The Morgan fingerprint density at radius 1 is 1.10 bits per heavy atom. The average molecular weight is 404 g/mol. The fourth-order valence-electron chi connectivity index (χ4n) is 3.98. The Morgan fingerprint density at radius 2 is 1.90 bits per heavy atom. The molecule has 2 saturated heterocycles. The second-order valence-electron chi connectivity index (χ2n) is 7.41. The van der Waals surface area contributed by atoms with Gasteiger partial charge in [0.2, 0.25) is 12.7 Å². The van der Waals surface area contributed by atoms with Crippen LogP contribution in [0.5, 0.6) is 11.5 Å². The lowest BCUT2D eigenvalue weighted by Gasteiger charge is -2.42. The van der Waals surface area contributed by atoms with E-state index in [9.17, 15) is 9.59 Å². The fourth-order valence-corrected chi connectivity index (χ4v) is 3.98.